The fraction of sp³-hybridized carbons (Fsp3) is 0.474. The van der Waals surface area contributed by atoms with E-state index in [1.54, 1.807) is 11.3 Å². The van der Waals surface area contributed by atoms with E-state index in [-0.39, 0.29) is 5.91 Å². The van der Waals surface area contributed by atoms with Crippen LogP contribution in [0.15, 0.2) is 30.5 Å². The van der Waals surface area contributed by atoms with Crippen molar-refractivity contribution in [2.24, 2.45) is 0 Å². The maximum Gasteiger partial charge on any atom is 0.225 e. The van der Waals surface area contributed by atoms with Gasteiger partial charge in [-0.1, -0.05) is 0 Å². The first kappa shape index (κ1) is 18.8. The van der Waals surface area contributed by atoms with E-state index in [9.17, 15) is 4.79 Å². The smallest absolute Gasteiger partial charge is 0.225 e. The second kappa shape index (κ2) is 9.12. The Morgan fingerprint density at radius 3 is 2.69 bits per heavy atom. The van der Waals surface area contributed by atoms with Crippen LogP contribution >= 0.6 is 11.3 Å². The van der Waals surface area contributed by atoms with Crippen LogP contribution in [0.4, 0.5) is 11.4 Å². The highest BCUT2D eigenvalue weighted by Crippen LogP contribution is 2.19. The summed E-state index contributed by atoms with van der Waals surface area (Å²) in [6.07, 6.45) is 2.38. The van der Waals surface area contributed by atoms with Crippen LogP contribution in [0.3, 0.4) is 0 Å². The maximum atomic E-state index is 12.2. The van der Waals surface area contributed by atoms with E-state index >= 15 is 0 Å². The van der Waals surface area contributed by atoms with Crippen molar-refractivity contribution in [3.8, 4) is 0 Å². The number of carbonyl (C=O) groups excluding carboxylic acids is 1. The molecule has 0 radical (unpaired) electrons. The van der Waals surface area contributed by atoms with Crippen LogP contribution in [0.1, 0.15) is 16.3 Å². The highest BCUT2D eigenvalue weighted by Gasteiger charge is 2.11. The third-order valence-electron chi connectivity index (χ3n) is 4.34. The van der Waals surface area contributed by atoms with Crippen LogP contribution in [0.5, 0.6) is 0 Å². The second-order valence-electron chi connectivity index (χ2n) is 6.53. The normalized spacial score (nSPS) is 14.7. The Balaban J connectivity index is 1.42. The van der Waals surface area contributed by atoms with Gasteiger partial charge < -0.3 is 19.9 Å². The zero-order chi connectivity index (χ0) is 18.4. The number of carbonyl (C=O) groups is 1. The molecule has 1 N–H and O–H groups in total. The fourth-order valence-corrected chi connectivity index (χ4v) is 3.79. The quantitative estimate of drug-likeness (QED) is 0.808. The SMILES string of the molecule is Cc1ncc(CN(C)CCC(=O)Nc2ccc(N3CCOCC3)cc2)s1. The Labute approximate surface area is 158 Å². The molecule has 0 spiro atoms. The Kier molecular flexibility index (Phi) is 6.60. The summed E-state index contributed by atoms with van der Waals surface area (Å²) in [7, 11) is 2.03. The molecule has 0 unspecified atom stereocenters. The van der Waals surface area contributed by atoms with Crippen molar-refractivity contribution in [3.05, 3.63) is 40.3 Å². The lowest BCUT2D eigenvalue weighted by atomic mass is 10.2. The summed E-state index contributed by atoms with van der Waals surface area (Å²) < 4.78 is 5.38. The van der Waals surface area contributed by atoms with Crippen LogP contribution in [0.2, 0.25) is 0 Å². The van der Waals surface area contributed by atoms with Crippen molar-refractivity contribution in [1.82, 2.24) is 9.88 Å². The van der Waals surface area contributed by atoms with E-state index in [2.05, 4.69) is 32.2 Å². The van der Waals surface area contributed by atoms with Gasteiger partial charge in [-0.25, -0.2) is 4.98 Å². The number of hydrogen-bond acceptors (Lipinski definition) is 6. The summed E-state index contributed by atoms with van der Waals surface area (Å²) >= 11 is 1.70. The highest BCUT2D eigenvalue weighted by atomic mass is 32.1. The first-order valence-corrected chi connectivity index (χ1v) is 9.74. The zero-order valence-electron chi connectivity index (χ0n) is 15.4. The number of hydrogen-bond donors (Lipinski definition) is 1. The van der Waals surface area contributed by atoms with Crippen molar-refractivity contribution < 1.29 is 9.53 Å². The summed E-state index contributed by atoms with van der Waals surface area (Å²) in [5, 5.41) is 4.05. The molecular formula is C19H26N4O2S. The number of nitrogens with zero attached hydrogens (tertiary/aromatic N) is 3. The topological polar surface area (TPSA) is 57.7 Å². The van der Waals surface area contributed by atoms with Crippen molar-refractivity contribution in [3.63, 3.8) is 0 Å². The lowest BCUT2D eigenvalue weighted by molar-refractivity contribution is -0.116. The van der Waals surface area contributed by atoms with Crippen molar-refractivity contribution in [2.75, 3.05) is 50.1 Å². The molecule has 0 bridgehead atoms. The van der Waals surface area contributed by atoms with Gasteiger partial charge in [0.2, 0.25) is 5.91 Å². The number of benzene rings is 1. The summed E-state index contributed by atoms with van der Waals surface area (Å²) in [6.45, 7) is 6.92. The van der Waals surface area contributed by atoms with E-state index in [4.69, 9.17) is 4.74 Å². The van der Waals surface area contributed by atoms with E-state index < -0.39 is 0 Å². The summed E-state index contributed by atoms with van der Waals surface area (Å²) in [4.78, 5) is 22.1. The Hall–Kier alpha value is -1.96. The predicted molar refractivity (Wildman–Crippen MR) is 106 cm³/mol. The van der Waals surface area contributed by atoms with E-state index in [1.165, 1.54) is 10.6 Å². The van der Waals surface area contributed by atoms with Gasteiger partial charge in [0, 0.05) is 55.0 Å². The maximum absolute atomic E-state index is 12.2. The number of aryl methyl sites for hydroxylation is 1. The molecule has 0 atom stereocenters. The van der Waals surface area contributed by atoms with Gasteiger partial charge >= 0.3 is 0 Å². The summed E-state index contributed by atoms with van der Waals surface area (Å²) in [5.74, 6) is 0.0384. The first-order valence-electron chi connectivity index (χ1n) is 8.92. The molecule has 1 fully saturated rings. The number of nitrogens with one attached hydrogen (secondary N) is 1. The van der Waals surface area contributed by atoms with Gasteiger partial charge in [0.25, 0.3) is 0 Å². The van der Waals surface area contributed by atoms with Crippen LogP contribution in [0.25, 0.3) is 0 Å². The van der Waals surface area contributed by atoms with Gasteiger partial charge in [0.05, 0.1) is 18.2 Å². The molecule has 1 aliphatic rings. The second-order valence-corrected chi connectivity index (χ2v) is 7.85. The minimum atomic E-state index is 0.0384. The van der Waals surface area contributed by atoms with Crippen molar-refractivity contribution in [2.45, 2.75) is 19.9 Å². The fourth-order valence-electron chi connectivity index (χ4n) is 2.92. The van der Waals surface area contributed by atoms with Crippen LogP contribution < -0.4 is 10.2 Å². The van der Waals surface area contributed by atoms with E-state index in [1.807, 2.05) is 32.3 Å². The minimum absolute atomic E-state index is 0.0384. The molecule has 1 aromatic heterocycles. The standard InChI is InChI=1S/C19H26N4O2S/c1-15-20-13-18(26-15)14-22(2)8-7-19(24)21-16-3-5-17(6-4-16)23-9-11-25-12-10-23/h3-6,13H,7-12,14H2,1-2H3,(H,21,24). The molecule has 6 nitrogen and oxygen atoms in total. The number of ether oxygens (including phenoxy) is 1. The number of morpholine rings is 1. The molecular weight excluding hydrogens is 348 g/mol. The average molecular weight is 375 g/mol. The third kappa shape index (κ3) is 5.52. The Morgan fingerprint density at radius 2 is 2.04 bits per heavy atom. The van der Waals surface area contributed by atoms with Gasteiger partial charge in [-0.3, -0.25) is 4.79 Å². The Morgan fingerprint density at radius 1 is 1.31 bits per heavy atom. The molecule has 1 aliphatic heterocycles. The minimum Gasteiger partial charge on any atom is -0.378 e. The predicted octanol–water partition coefficient (Wildman–Crippen LogP) is 2.75. The van der Waals surface area contributed by atoms with Gasteiger partial charge in [-0.2, -0.15) is 0 Å². The van der Waals surface area contributed by atoms with Gasteiger partial charge in [0.1, 0.15) is 0 Å². The Bertz CT molecular complexity index is 711. The van der Waals surface area contributed by atoms with Gasteiger partial charge in [-0.05, 0) is 38.2 Å². The van der Waals surface area contributed by atoms with Crippen molar-refractivity contribution in [1.29, 1.82) is 0 Å². The zero-order valence-corrected chi connectivity index (χ0v) is 16.2. The molecule has 0 aliphatic carbocycles. The molecule has 7 heteroatoms. The number of thiazole rings is 1. The summed E-state index contributed by atoms with van der Waals surface area (Å²) in [6, 6.07) is 8.04. The lowest BCUT2D eigenvalue weighted by Gasteiger charge is -2.28. The van der Waals surface area contributed by atoms with Gasteiger partial charge in [0.15, 0.2) is 0 Å². The molecule has 26 heavy (non-hydrogen) atoms. The van der Waals surface area contributed by atoms with Gasteiger partial charge in [-0.15, -0.1) is 11.3 Å². The molecule has 3 rings (SSSR count). The number of aromatic nitrogens is 1. The number of rotatable bonds is 7. The lowest BCUT2D eigenvalue weighted by Crippen LogP contribution is -2.36. The molecule has 1 saturated heterocycles. The third-order valence-corrected chi connectivity index (χ3v) is 5.24. The molecule has 1 amide bonds. The largest absolute Gasteiger partial charge is 0.378 e. The van der Waals surface area contributed by atoms with Crippen molar-refractivity contribution >= 4 is 28.6 Å². The van der Waals surface area contributed by atoms with E-state index in [0.717, 1.165) is 43.5 Å². The molecule has 2 aromatic rings. The van der Waals surface area contributed by atoms with E-state index in [0.29, 0.717) is 13.0 Å². The number of anilines is 2. The first-order chi connectivity index (χ1) is 12.6. The van der Waals surface area contributed by atoms with Crippen LogP contribution in [-0.2, 0) is 16.1 Å². The number of amides is 1. The molecule has 2 heterocycles. The molecule has 0 saturated carbocycles. The van der Waals surface area contributed by atoms with Crippen LogP contribution in [0, 0.1) is 6.92 Å². The average Bonchev–Trinajstić information content (AvgIpc) is 3.06. The highest BCUT2D eigenvalue weighted by molar-refractivity contribution is 7.11. The summed E-state index contributed by atoms with van der Waals surface area (Å²) in [5.41, 5.74) is 2.01. The monoisotopic (exact) mass is 374 g/mol. The van der Waals surface area contributed by atoms with Crippen LogP contribution in [-0.4, -0.2) is 55.7 Å². The molecule has 1 aromatic carbocycles. The molecule has 140 valence electrons.